The summed E-state index contributed by atoms with van der Waals surface area (Å²) < 4.78 is 7.60. The first-order chi connectivity index (χ1) is 8.58. The summed E-state index contributed by atoms with van der Waals surface area (Å²) in [6.07, 6.45) is 3.75. The quantitative estimate of drug-likeness (QED) is 0.901. The zero-order valence-corrected chi connectivity index (χ0v) is 11.0. The molecule has 1 heterocycles. The van der Waals surface area contributed by atoms with E-state index in [0.717, 1.165) is 17.1 Å². The summed E-state index contributed by atoms with van der Waals surface area (Å²) in [5, 5.41) is 0. The minimum absolute atomic E-state index is 0.0425. The Bertz CT molecular complexity index is 500. The number of ether oxygens (including phenoxy) is 1. The van der Waals surface area contributed by atoms with Crippen LogP contribution in [0.15, 0.2) is 36.8 Å². The van der Waals surface area contributed by atoms with Crippen molar-refractivity contribution in [1.29, 1.82) is 0 Å². The number of imidazole rings is 1. The van der Waals surface area contributed by atoms with Crippen molar-refractivity contribution in [2.45, 2.75) is 32.9 Å². The van der Waals surface area contributed by atoms with Gasteiger partial charge < -0.3 is 15.0 Å². The summed E-state index contributed by atoms with van der Waals surface area (Å²) in [7, 11) is 0. The van der Waals surface area contributed by atoms with Crippen LogP contribution >= 0.6 is 0 Å². The van der Waals surface area contributed by atoms with Crippen molar-refractivity contribution < 1.29 is 4.74 Å². The van der Waals surface area contributed by atoms with E-state index in [0.29, 0.717) is 0 Å². The smallest absolute Gasteiger partial charge is 0.119 e. The van der Waals surface area contributed by atoms with Crippen LogP contribution in [0.4, 0.5) is 0 Å². The molecule has 18 heavy (non-hydrogen) atoms. The van der Waals surface area contributed by atoms with Gasteiger partial charge in [-0.25, -0.2) is 4.98 Å². The molecule has 1 atom stereocenters. The van der Waals surface area contributed by atoms with Crippen LogP contribution in [0, 0.1) is 0 Å². The summed E-state index contributed by atoms with van der Waals surface area (Å²) in [5.74, 6) is 0.871. The molecular formula is C14H19N3O. The van der Waals surface area contributed by atoms with Crippen LogP contribution in [0.3, 0.4) is 0 Å². The van der Waals surface area contributed by atoms with Crippen molar-refractivity contribution in [3.8, 4) is 11.4 Å². The number of hydrogen-bond acceptors (Lipinski definition) is 3. The molecule has 0 radical (unpaired) electrons. The molecule has 0 spiro atoms. The SMILES string of the molecule is CC(C)Oc1ccc(-n2cncc2C(C)N)cc1. The van der Waals surface area contributed by atoms with Crippen molar-refractivity contribution in [1.82, 2.24) is 9.55 Å². The second-order valence-corrected chi connectivity index (χ2v) is 4.64. The summed E-state index contributed by atoms with van der Waals surface area (Å²) in [4.78, 5) is 4.14. The maximum atomic E-state index is 5.91. The lowest BCUT2D eigenvalue weighted by molar-refractivity contribution is 0.242. The van der Waals surface area contributed by atoms with Crippen molar-refractivity contribution in [2.24, 2.45) is 5.73 Å². The first kappa shape index (κ1) is 12.6. The standard InChI is InChI=1S/C14H19N3O/c1-10(2)18-13-6-4-12(5-7-13)17-9-16-8-14(17)11(3)15/h4-11H,15H2,1-3H3. The Morgan fingerprint density at radius 3 is 2.39 bits per heavy atom. The Labute approximate surface area is 107 Å². The van der Waals surface area contributed by atoms with Crippen molar-refractivity contribution in [3.63, 3.8) is 0 Å². The van der Waals surface area contributed by atoms with E-state index < -0.39 is 0 Å². The fourth-order valence-corrected chi connectivity index (χ4v) is 1.82. The zero-order valence-electron chi connectivity index (χ0n) is 11.0. The topological polar surface area (TPSA) is 53.1 Å². The molecule has 2 aromatic rings. The van der Waals surface area contributed by atoms with Gasteiger partial charge in [-0.3, -0.25) is 0 Å². The lowest BCUT2D eigenvalue weighted by Gasteiger charge is -2.13. The molecule has 0 fully saturated rings. The molecule has 1 aromatic heterocycles. The molecule has 1 unspecified atom stereocenters. The molecule has 0 aliphatic rings. The summed E-state index contributed by atoms with van der Waals surface area (Å²) >= 11 is 0. The fraction of sp³-hybridized carbons (Fsp3) is 0.357. The second kappa shape index (κ2) is 5.23. The number of nitrogens with zero attached hydrogens (tertiary/aromatic N) is 2. The Balaban J connectivity index is 2.26. The van der Waals surface area contributed by atoms with E-state index in [1.807, 2.05) is 49.6 Å². The van der Waals surface area contributed by atoms with Crippen LogP contribution in [0.1, 0.15) is 32.5 Å². The molecule has 0 amide bonds. The molecule has 4 heteroatoms. The van der Waals surface area contributed by atoms with Gasteiger partial charge in [0.05, 0.1) is 24.3 Å². The van der Waals surface area contributed by atoms with Gasteiger partial charge in [0.15, 0.2) is 0 Å². The summed E-state index contributed by atoms with van der Waals surface area (Å²) in [6, 6.07) is 7.89. The third-order valence-corrected chi connectivity index (χ3v) is 2.62. The van der Waals surface area contributed by atoms with Crippen molar-refractivity contribution in [2.75, 3.05) is 0 Å². The van der Waals surface area contributed by atoms with Gasteiger partial charge in [-0.2, -0.15) is 0 Å². The van der Waals surface area contributed by atoms with Gasteiger partial charge in [0.1, 0.15) is 5.75 Å². The first-order valence-electron chi connectivity index (χ1n) is 6.13. The maximum Gasteiger partial charge on any atom is 0.119 e. The van der Waals surface area contributed by atoms with Crippen molar-refractivity contribution in [3.05, 3.63) is 42.5 Å². The molecule has 96 valence electrons. The van der Waals surface area contributed by atoms with Gasteiger partial charge in [-0.1, -0.05) is 0 Å². The Hall–Kier alpha value is -1.81. The van der Waals surface area contributed by atoms with E-state index in [9.17, 15) is 0 Å². The van der Waals surface area contributed by atoms with E-state index in [-0.39, 0.29) is 12.1 Å². The van der Waals surface area contributed by atoms with E-state index in [4.69, 9.17) is 10.5 Å². The second-order valence-electron chi connectivity index (χ2n) is 4.64. The van der Waals surface area contributed by atoms with Gasteiger partial charge in [-0.05, 0) is 45.0 Å². The number of benzene rings is 1. The highest BCUT2D eigenvalue weighted by Crippen LogP contribution is 2.19. The van der Waals surface area contributed by atoms with Crippen LogP contribution in [-0.4, -0.2) is 15.7 Å². The maximum absolute atomic E-state index is 5.91. The number of aromatic nitrogens is 2. The molecule has 0 aliphatic carbocycles. The van der Waals surface area contributed by atoms with Crippen LogP contribution < -0.4 is 10.5 Å². The highest BCUT2D eigenvalue weighted by Gasteiger charge is 2.08. The number of rotatable bonds is 4. The average molecular weight is 245 g/mol. The van der Waals surface area contributed by atoms with E-state index in [1.165, 1.54) is 0 Å². The highest BCUT2D eigenvalue weighted by atomic mass is 16.5. The first-order valence-corrected chi connectivity index (χ1v) is 6.13. The average Bonchev–Trinajstić information content (AvgIpc) is 2.78. The monoisotopic (exact) mass is 245 g/mol. The molecule has 2 N–H and O–H groups in total. The van der Waals surface area contributed by atoms with Crippen LogP contribution in [0.2, 0.25) is 0 Å². The minimum Gasteiger partial charge on any atom is -0.491 e. The van der Waals surface area contributed by atoms with Gasteiger partial charge in [-0.15, -0.1) is 0 Å². The van der Waals surface area contributed by atoms with Crippen LogP contribution in [0.25, 0.3) is 5.69 Å². The Morgan fingerprint density at radius 2 is 1.83 bits per heavy atom. The van der Waals surface area contributed by atoms with E-state index >= 15 is 0 Å². The minimum atomic E-state index is -0.0425. The molecule has 0 bridgehead atoms. The molecule has 0 aliphatic heterocycles. The molecule has 0 saturated carbocycles. The molecule has 4 nitrogen and oxygen atoms in total. The van der Waals surface area contributed by atoms with Crippen LogP contribution in [0.5, 0.6) is 5.75 Å². The fourth-order valence-electron chi connectivity index (χ4n) is 1.82. The van der Waals surface area contributed by atoms with Gasteiger partial charge in [0.25, 0.3) is 0 Å². The predicted molar refractivity (Wildman–Crippen MR) is 71.9 cm³/mol. The zero-order chi connectivity index (χ0) is 13.1. The third-order valence-electron chi connectivity index (χ3n) is 2.62. The Kier molecular flexibility index (Phi) is 3.67. The largest absolute Gasteiger partial charge is 0.491 e. The van der Waals surface area contributed by atoms with Crippen LogP contribution in [-0.2, 0) is 0 Å². The van der Waals surface area contributed by atoms with Gasteiger partial charge >= 0.3 is 0 Å². The number of nitrogens with two attached hydrogens (primary N) is 1. The molecular weight excluding hydrogens is 226 g/mol. The summed E-state index contributed by atoms with van der Waals surface area (Å²) in [6.45, 7) is 5.97. The van der Waals surface area contributed by atoms with Gasteiger partial charge in [0, 0.05) is 11.7 Å². The lowest BCUT2D eigenvalue weighted by atomic mass is 10.2. The highest BCUT2D eigenvalue weighted by molar-refractivity contribution is 5.39. The molecule has 1 aromatic carbocycles. The van der Waals surface area contributed by atoms with E-state index in [1.54, 1.807) is 12.5 Å². The normalized spacial score (nSPS) is 12.7. The third kappa shape index (κ3) is 2.71. The number of hydrogen-bond donors (Lipinski definition) is 1. The molecule has 2 rings (SSSR count). The summed E-state index contributed by atoms with van der Waals surface area (Å²) in [5.41, 5.74) is 7.94. The predicted octanol–water partition coefficient (Wildman–Crippen LogP) is 2.68. The molecule has 0 saturated heterocycles. The lowest BCUT2D eigenvalue weighted by Crippen LogP contribution is -2.10. The van der Waals surface area contributed by atoms with Crippen molar-refractivity contribution >= 4 is 0 Å². The van der Waals surface area contributed by atoms with E-state index in [2.05, 4.69) is 4.98 Å². The van der Waals surface area contributed by atoms with Gasteiger partial charge in [0.2, 0.25) is 0 Å². The Morgan fingerprint density at radius 1 is 1.17 bits per heavy atom.